The first-order valence-electron chi connectivity index (χ1n) is 9.53. The van der Waals surface area contributed by atoms with Gasteiger partial charge in [0.05, 0.1) is 14.4 Å². The monoisotopic (exact) mass is 506 g/mol. The maximum absolute atomic E-state index is 12.5. The van der Waals surface area contributed by atoms with Crippen LogP contribution >= 0.6 is 39.0 Å². The fraction of sp³-hybridized carbons (Fsp3) is 0.333. The van der Waals surface area contributed by atoms with E-state index in [1.807, 2.05) is 22.8 Å². The van der Waals surface area contributed by atoms with Gasteiger partial charge < -0.3 is 5.32 Å². The van der Waals surface area contributed by atoms with Crippen molar-refractivity contribution in [2.24, 2.45) is 0 Å². The summed E-state index contributed by atoms with van der Waals surface area (Å²) >= 11 is 6.22. The molecule has 1 amide bonds. The van der Waals surface area contributed by atoms with Gasteiger partial charge >= 0.3 is 0 Å². The summed E-state index contributed by atoms with van der Waals surface area (Å²) < 4.78 is 2.96. The number of nitrogens with one attached hydrogen (secondary N) is 1. The van der Waals surface area contributed by atoms with E-state index in [2.05, 4.69) is 57.4 Å². The van der Waals surface area contributed by atoms with E-state index < -0.39 is 0 Å². The van der Waals surface area contributed by atoms with E-state index in [4.69, 9.17) is 0 Å². The molecule has 0 fully saturated rings. The molecule has 30 heavy (non-hydrogen) atoms. The van der Waals surface area contributed by atoms with Gasteiger partial charge in [-0.2, -0.15) is 0 Å². The molecule has 6 nitrogen and oxygen atoms in total. The molecule has 2 aromatic heterocycles. The summed E-state index contributed by atoms with van der Waals surface area (Å²) in [5.74, 6) is 1.14. The van der Waals surface area contributed by atoms with Crippen molar-refractivity contribution in [2.75, 3.05) is 12.3 Å². The van der Waals surface area contributed by atoms with Crippen molar-refractivity contribution >= 4 is 50.7 Å². The normalized spacial score (nSPS) is 10.9. The molecule has 9 heteroatoms. The molecule has 2 heterocycles. The number of hydrogen-bond acceptors (Lipinski definition) is 6. The summed E-state index contributed by atoms with van der Waals surface area (Å²) in [4.78, 5) is 24.4. The van der Waals surface area contributed by atoms with Crippen LogP contribution in [0.5, 0.6) is 0 Å². The van der Waals surface area contributed by atoms with E-state index in [1.54, 1.807) is 0 Å². The SMILES string of the molecule is CC(=O)NCCCc1nnc(SCC(=O)c2ccc(Br)s2)n1-c1ccc(C)c(C)c1. The fourth-order valence-corrected chi connectivity index (χ4v) is 5.13. The number of carbonyl (C=O) groups is 2. The Morgan fingerprint density at radius 3 is 2.63 bits per heavy atom. The molecule has 0 unspecified atom stereocenters. The minimum absolute atomic E-state index is 0.0411. The highest BCUT2D eigenvalue weighted by atomic mass is 79.9. The van der Waals surface area contributed by atoms with Crippen molar-refractivity contribution in [3.8, 4) is 5.69 Å². The van der Waals surface area contributed by atoms with E-state index in [0.717, 1.165) is 26.6 Å². The van der Waals surface area contributed by atoms with Gasteiger partial charge in [-0.25, -0.2) is 0 Å². The van der Waals surface area contributed by atoms with Crippen LogP contribution in [0.25, 0.3) is 5.69 Å². The lowest BCUT2D eigenvalue weighted by Crippen LogP contribution is -2.21. The molecule has 0 aliphatic rings. The number of benzene rings is 1. The van der Waals surface area contributed by atoms with Crippen LogP contribution in [0.3, 0.4) is 0 Å². The van der Waals surface area contributed by atoms with Gasteiger partial charge in [0.25, 0.3) is 0 Å². The first-order valence-corrected chi connectivity index (χ1v) is 12.1. The largest absolute Gasteiger partial charge is 0.356 e. The van der Waals surface area contributed by atoms with Crippen LogP contribution in [0, 0.1) is 13.8 Å². The Bertz CT molecular complexity index is 1060. The van der Waals surface area contributed by atoms with Gasteiger partial charge in [0.2, 0.25) is 5.91 Å². The minimum Gasteiger partial charge on any atom is -0.356 e. The number of thioether (sulfide) groups is 1. The number of amides is 1. The zero-order valence-corrected chi connectivity index (χ0v) is 20.3. The standard InChI is InChI=1S/C21H23BrN4O2S2/c1-13-6-7-16(11-14(13)2)26-20(5-4-10-23-15(3)27)24-25-21(26)29-12-17(28)18-8-9-19(22)30-18/h6-9,11H,4-5,10,12H2,1-3H3,(H,23,27). The van der Waals surface area contributed by atoms with Crippen molar-refractivity contribution in [1.82, 2.24) is 20.1 Å². The van der Waals surface area contributed by atoms with Gasteiger partial charge in [0.1, 0.15) is 5.82 Å². The molecule has 158 valence electrons. The Balaban J connectivity index is 1.81. The van der Waals surface area contributed by atoms with E-state index in [1.165, 1.54) is 41.1 Å². The van der Waals surface area contributed by atoms with Crippen LogP contribution < -0.4 is 5.32 Å². The summed E-state index contributed by atoms with van der Waals surface area (Å²) in [5, 5.41) is 12.2. The molecule has 0 aliphatic heterocycles. The average Bonchev–Trinajstić information content (AvgIpc) is 3.31. The second kappa shape index (κ2) is 10.4. The average molecular weight is 507 g/mol. The molecule has 3 rings (SSSR count). The third-order valence-corrected chi connectivity index (χ3v) is 7.17. The number of nitrogens with zero attached hydrogens (tertiary/aromatic N) is 3. The number of rotatable bonds is 9. The number of hydrogen-bond donors (Lipinski definition) is 1. The van der Waals surface area contributed by atoms with Crippen LogP contribution in [0.1, 0.15) is 40.0 Å². The third-order valence-electron chi connectivity index (χ3n) is 4.58. The Morgan fingerprint density at radius 1 is 1.17 bits per heavy atom. The Kier molecular flexibility index (Phi) is 7.85. The zero-order valence-electron chi connectivity index (χ0n) is 17.1. The quantitative estimate of drug-likeness (QED) is 0.257. The molecule has 0 atom stereocenters. The van der Waals surface area contributed by atoms with Crippen molar-refractivity contribution < 1.29 is 9.59 Å². The lowest BCUT2D eigenvalue weighted by Gasteiger charge is -2.12. The lowest BCUT2D eigenvalue weighted by atomic mass is 10.1. The summed E-state index contributed by atoms with van der Waals surface area (Å²) in [6, 6.07) is 9.95. The lowest BCUT2D eigenvalue weighted by molar-refractivity contribution is -0.118. The van der Waals surface area contributed by atoms with Gasteiger partial charge in [-0.15, -0.1) is 21.5 Å². The number of halogens is 1. The van der Waals surface area contributed by atoms with Crippen molar-refractivity contribution in [3.63, 3.8) is 0 Å². The van der Waals surface area contributed by atoms with Crippen LogP contribution in [-0.4, -0.2) is 38.8 Å². The number of ketones is 1. The zero-order chi connectivity index (χ0) is 21.7. The molecular formula is C21H23BrN4O2S2. The number of Topliss-reactive ketones (excluding diaryl/α,β-unsaturated/α-hetero) is 1. The molecule has 0 radical (unpaired) electrons. The maximum atomic E-state index is 12.5. The van der Waals surface area contributed by atoms with E-state index in [-0.39, 0.29) is 11.7 Å². The maximum Gasteiger partial charge on any atom is 0.216 e. The topological polar surface area (TPSA) is 76.9 Å². The summed E-state index contributed by atoms with van der Waals surface area (Å²) in [7, 11) is 0. The molecular weight excluding hydrogens is 484 g/mol. The molecule has 1 N–H and O–H groups in total. The smallest absolute Gasteiger partial charge is 0.216 e. The van der Waals surface area contributed by atoms with Crippen LogP contribution in [0.15, 0.2) is 39.3 Å². The summed E-state index contributed by atoms with van der Waals surface area (Å²) in [6.45, 7) is 6.25. The van der Waals surface area contributed by atoms with E-state index in [9.17, 15) is 9.59 Å². The molecule has 0 spiro atoms. The summed E-state index contributed by atoms with van der Waals surface area (Å²) in [6.07, 6.45) is 1.43. The number of aryl methyl sites for hydroxylation is 3. The van der Waals surface area contributed by atoms with Crippen LogP contribution in [0.4, 0.5) is 0 Å². The highest BCUT2D eigenvalue weighted by molar-refractivity contribution is 9.11. The van der Waals surface area contributed by atoms with Gasteiger partial charge in [-0.05, 0) is 71.6 Å². The first-order chi connectivity index (χ1) is 14.3. The number of carbonyl (C=O) groups excluding carboxylic acids is 2. The predicted octanol–water partition coefficient (Wildman–Crippen LogP) is 4.75. The molecule has 0 bridgehead atoms. The number of thiophene rings is 1. The fourth-order valence-electron chi connectivity index (χ4n) is 2.86. The number of aromatic nitrogens is 3. The van der Waals surface area contributed by atoms with Crippen LogP contribution in [0.2, 0.25) is 0 Å². The van der Waals surface area contributed by atoms with Gasteiger partial charge in [0.15, 0.2) is 10.9 Å². The van der Waals surface area contributed by atoms with Crippen LogP contribution in [-0.2, 0) is 11.2 Å². The highest BCUT2D eigenvalue weighted by Crippen LogP contribution is 2.27. The Labute approximate surface area is 192 Å². The second-order valence-corrected chi connectivity index (χ2v) is 10.3. The highest BCUT2D eigenvalue weighted by Gasteiger charge is 2.17. The second-order valence-electron chi connectivity index (χ2n) is 6.90. The minimum atomic E-state index is -0.0411. The summed E-state index contributed by atoms with van der Waals surface area (Å²) in [5.41, 5.74) is 3.37. The first kappa shape index (κ1) is 22.7. The van der Waals surface area contributed by atoms with Gasteiger partial charge in [-0.3, -0.25) is 14.2 Å². The molecule has 0 saturated carbocycles. The third kappa shape index (κ3) is 5.80. The predicted molar refractivity (Wildman–Crippen MR) is 125 cm³/mol. The van der Waals surface area contributed by atoms with Crippen molar-refractivity contribution in [1.29, 1.82) is 0 Å². The Hall–Kier alpha value is -1.97. The molecule has 0 saturated heterocycles. The Morgan fingerprint density at radius 2 is 1.97 bits per heavy atom. The van der Waals surface area contributed by atoms with Gasteiger partial charge in [-0.1, -0.05) is 17.8 Å². The van der Waals surface area contributed by atoms with Crippen molar-refractivity contribution in [2.45, 2.75) is 38.8 Å². The molecule has 1 aromatic carbocycles. The van der Waals surface area contributed by atoms with Gasteiger partial charge in [0, 0.05) is 25.6 Å². The van der Waals surface area contributed by atoms with E-state index >= 15 is 0 Å². The van der Waals surface area contributed by atoms with Crippen molar-refractivity contribution in [3.05, 3.63) is 55.9 Å². The molecule has 3 aromatic rings. The molecule has 0 aliphatic carbocycles. The van der Waals surface area contributed by atoms with E-state index in [0.29, 0.717) is 23.9 Å².